The van der Waals surface area contributed by atoms with Gasteiger partial charge < -0.3 is 14.4 Å². The first-order chi connectivity index (χ1) is 9.97. The van der Waals surface area contributed by atoms with E-state index in [-0.39, 0.29) is 0 Å². The lowest BCUT2D eigenvalue weighted by Crippen LogP contribution is -2.13. The van der Waals surface area contributed by atoms with E-state index in [2.05, 4.69) is 4.99 Å². The first-order valence-electron chi connectivity index (χ1n) is 6.75. The van der Waals surface area contributed by atoms with E-state index in [1.165, 1.54) is 0 Å². The molecule has 21 heavy (non-hydrogen) atoms. The molecule has 1 aliphatic heterocycles. The number of rotatable bonds is 2. The Hall–Kier alpha value is -1.85. The molecule has 4 nitrogen and oxygen atoms in total. The number of fused-ring (bicyclic) bond motifs is 2. The van der Waals surface area contributed by atoms with E-state index in [4.69, 9.17) is 0 Å². The normalized spacial score (nSPS) is 15.8. The highest BCUT2D eigenvalue weighted by molar-refractivity contribution is 8.04. The summed E-state index contributed by atoms with van der Waals surface area (Å²) in [5.41, 5.74) is 3.00. The summed E-state index contributed by atoms with van der Waals surface area (Å²) in [5, 5.41) is 0.858. The van der Waals surface area contributed by atoms with Crippen LogP contribution in [-0.4, -0.2) is 32.7 Å². The van der Waals surface area contributed by atoms with Crippen molar-refractivity contribution in [3.8, 4) is 0 Å². The third-order valence-electron chi connectivity index (χ3n) is 3.58. The minimum atomic E-state index is -0.941. The summed E-state index contributed by atoms with van der Waals surface area (Å²) in [7, 11) is 7.04. The van der Waals surface area contributed by atoms with Crippen LogP contribution in [-0.2, 0) is 0 Å². The molecule has 0 radical (unpaired) electrons. The van der Waals surface area contributed by atoms with Gasteiger partial charge in [-0.15, -0.1) is 0 Å². The molecule has 0 fully saturated rings. The summed E-state index contributed by atoms with van der Waals surface area (Å²) in [6.07, 6.45) is 0. The predicted octanol–water partition coefficient (Wildman–Crippen LogP) is 3.14. The summed E-state index contributed by atoms with van der Waals surface area (Å²) < 4.78 is 11.6. The molecule has 2 aromatic rings. The highest BCUT2D eigenvalue weighted by Crippen LogP contribution is 2.38. The lowest BCUT2D eigenvalue weighted by molar-refractivity contribution is 0.656. The maximum atomic E-state index is 10.8. The fraction of sp³-hybridized carbons (Fsp3) is 0.250. The minimum absolute atomic E-state index is 0.858. The Balaban J connectivity index is 2.27. The van der Waals surface area contributed by atoms with E-state index in [9.17, 15) is 4.55 Å². The summed E-state index contributed by atoms with van der Waals surface area (Å²) in [5.74, 6) is 0. The van der Waals surface area contributed by atoms with Crippen molar-refractivity contribution in [2.75, 3.05) is 38.0 Å². The van der Waals surface area contributed by atoms with Gasteiger partial charge in [-0.2, -0.15) is 0 Å². The average Bonchev–Trinajstić information content (AvgIpc) is 2.46. The van der Waals surface area contributed by atoms with Crippen LogP contribution in [0.1, 0.15) is 0 Å². The van der Waals surface area contributed by atoms with Crippen LogP contribution in [0.5, 0.6) is 0 Å². The van der Waals surface area contributed by atoms with Gasteiger partial charge >= 0.3 is 0 Å². The van der Waals surface area contributed by atoms with Gasteiger partial charge in [0.1, 0.15) is 0 Å². The zero-order valence-electron chi connectivity index (χ0n) is 12.7. The van der Waals surface area contributed by atoms with E-state index in [1.807, 2.05) is 74.4 Å². The van der Waals surface area contributed by atoms with Crippen molar-refractivity contribution in [2.24, 2.45) is 4.99 Å². The van der Waals surface area contributed by atoms with Gasteiger partial charge in [0.2, 0.25) is 0 Å². The van der Waals surface area contributed by atoms with Gasteiger partial charge in [-0.05, 0) is 47.2 Å². The van der Waals surface area contributed by atoms with E-state index < -0.39 is 10.8 Å². The molecule has 0 saturated carbocycles. The fourth-order valence-electron chi connectivity index (χ4n) is 2.30. The molecule has 110 valence electrons. The first-order valence-corrected chi connectivity index (χ1v) is 7.93. The van der Waals surface area contributed by atoms with Crippen LogP contribution in [0.4, 0.5) is 17.1 Å². The van der Waals surface area contributed by atoms with Crippen molar-refractivity contribution in [3.05, 3.63) is 46.3 Å². The summed E-state index contributed by atoms with van der Waals surface area (Å²) in [4.78, 5) is 9.63. The predicted molar refractivity (Wildman–Crippen MR) is 89.7 cm³/mol. The molecule has 0 aromatic heterocycles. The Labute approximate surface area is 127 Å². The van der Waals surface area contributed by atoms with Crippen LogP contribution in [0.3, 0.4) is 0 Å². The monoisotopic (exact) mass is 301 g/mol. The molecular formula is C16H19N3OS. The Bertz CT molecular complexity index is 828. The molecule has 0 spiro atoms. The van der Waals surface area contributed by atoms with Crippen LogP contribution in [0.15, 0.2) is 46.3 Å². The second-order valence-electron chi connectivity index (χ2n) is 5.49. The third-order valence-corrected chi connectivity index (χ3v) is 5.06. The molecule has 0 amide bonds. The number of hydrogen-bond acceptors (Lipinski definition) is 4. The van der Waals surface area contributed by atoms with Crippen LogP contribution in [0.2, 0.25) is 0 Å². The van der Waals surface area contributed by atoms with Crippen LogP contribution >= 0.6 is 10.8 Å². The van der Waals surface area contributed by atoms with Crippen molar-refractivity contribution in [1.29, 1.82) is 0 Å². The van der Waals surface area contributed by atoms with Crippen molar-refractivity contribution in [2.45, 2.75) is 4.90 Å². The zero-order valence-corrected chi connectivity index (χ0v) is 13.5. The Kier molecular flexibility index (Phi) is 3.47. The third kappa shape index (κ3) is 2.43. The van der Waals surface area contributed by atoms with Gasteiger partial charge in [-0.1, -0.05) is 0 Å². The second-order valence-corrected chi connectivity index (χ2v) is 6.94. The van der Waals surface area contributed by atoms with Gasteiger partial charge in [0.05, 0.1) is 20.5 Å². The molecule has 1 N–H and O–H groups in total. The number of hydrogen-bond donors (Lipinski definition) is 1. The molecule has 3 rings (SSSR count). The molecule has 0 saturated heterocycles. The fourth-order valence-corrected chi connectivity index (χ4v) is 3.63. The van der Waals surface area contributed by atoms with E-state index in [0.717, 1.165) is 31.8 Å². The first kappa shape index (κ1) is 14.1. The van der Waals surface area contributed by atoms with Gasteiger partial charge in [0, 0.05) is 39.6 Å². The molecule has 1 heterocycles. The number of nitrogens with zero attached hydrogens (tertiary/aromatic N) is 3. The average molecular weight is 301 g/mol. The molecule has 0 bridgehead atoms. The summed E-state index contributed by atoms with van der Waals surface area (Å²) in [6.45, 7) is 0. The summed E-state index contributed by atoms with van der Waals surface area (Å²) in [6, 6.07) is 12.0. The second kappa shape index (κ2) is 5.16. The lowest BCUT2D eigenvalue weighted by atomic mass is 10.2. The van der Waals surface area contributed by atoms with Crippen LogP contribution < -0.4 is 15.2 Å². The Morgan fingerprint density at radius 1 is 0.905 bits per heavy atom. The Morgan fingerprint density at radius 2 is 1.52 bits per heavy atom. The molecule has 5 heteroatoms. The largest absolute Gasteiger partial charge is 0.378 e. The SMILES string of the molecule is CN(C)c1ccc2c(c1)S(O)=c1cc(N(C)C)ccc1=N2. The van der Waals surface area contributed by atoms with Crippen molar-refractivity contribution in [3.63, 3.8) is 0 Å². The van der Waals surface area contributed by atoms with Gasteiger partial charge in [-0.3, -0.25) is 0 Å². The molecule has 2 aromatic carbocycles. The quantitative estimate of drug-likeness (QED) is 0.866. The van der Waals surface area contributed by atoms with Crippen LogP contribution in [0, 0.1) is 4.51 Å². The van der Waals surface area contributed by atoms with E-state index >= 15 is 0 Å². The maximum absolute atomic E-state index is 10.8. The summed E-state index contributed by atoms with van der Waals surface area (Å²) >= 11 is 0. The van der Waals surface area contributed by atoms with Crippen molar-refractivity contribution >= 4 is 27.8 Å². The maximum Gasteiger partial charge on any atom is 0.0792 e. The minimum Gasteiger partial charge on any atom is -0.378 e. The number of anilines is 2. The van der Waals surface area contributed by atoms with Crippen LogP contribution in [0.25, 0.3) is 0 Å². The number of benzene rings is 2. The standard InChI is InChI=1S/C16H19N3OS/c1-18(2)11-5-7-13-15(9-11)21(20)16-10-12(19(3)4)6-8-14(16)17-13/h5-10,20H,1-4H3. The van der Waals surface area contributed by atoms with Gasteiger partial charge in [0.15, 0.2) is 0 Å². The highest BCUT2D eigenvalue weighted by Gasteiger charge is 2.13. The molecule has 0 aliphatic carbocycles. The zero-order chi connectivity index (χ0) is 15.1. The van der Waals surface area contributed by atoms with E-state index in [0.29, 0.717) is 0 Å². The molecule has 1 aliphatic rings. The molecular weight excluding hydrogens is 282 g/mol. The highest BCUT2D eigenvalue weighted by atomic mass is 32.2. The van der Waals surface area contributed by atoms with Gasteiger partial charge in [0.25, 0.3) is 0 Å². The molecule has 1 unspecified atom stereocenters. The Morgan fingerprint density at radius 3 is 2.19 bits per heavy atom. The van der Waals surface area contributed by atoms with E-state index in [1.54, 1.807) is 0 Å². The van der Waals surface area contributed by atoms with Crippen molar-refractivity contribution in [1.82, 2.24) is 0 Å². The smallest absolute Gasteiger partial charge is 0.0792 e. The van der Waals surface area contributed by atoms with Gasteiger partial charge in [-0.25, -0.2) is 4.99 Å². The van der Waals surface area contributed by atoms with Crippen molar-refractivity contribution < 1.29 is 4.55 Å². The topological polar surface area (TPSA) is 39.1 Å². The molecule has 1 atom stereocenters. The lowest BCUT2D eigenvalue weighted by Gasteiger charge is -2.18.